The molecule has 1 aliphatic heterocycles. The van der Waals surface area contributed by atoms with E-state index in [1.54, 1.807) is 0 Å². The standard InChI is InChI=1S/C22H21N5/c1-13-5-20-17(7-16(13)15-9-26-27(2)11-15)18(10-23-20)14-6-19-21(24-8-14)25-12-22(19)3-4-22/h5-11,23H,3-4,12H2,1-2H3,(H,24,25). The Morgan fingerprint density at radius 1 is 1.07 bits per heavy atom. The van der Waals surface area contributed by atoms with Crippen molar-refractivity contribution in [3.63, 3.8) is 0 Å². The van der Waals surface area contributed by atoms with Crippen molar-refractivity contribution < 1.29 is 0 Å². The second kappa shape index (κ2) is 5.00. The van der Waals surface area contributed by atoms with Crippen molar-refractivity contribution in [1.29, 1.82) is 0 Å². The molecule has 5 nitrogen and oxygen atoms in total. The number of nitrogens with one attached hydrogen (secondary N) is 2. The van der Waals surface area contributed by atoms with E-state index in [1.165, 1.54) is 46.0 Å². The van der Waals surface area contributed by atoms with E-state index in [0.717, 1.165) is 23.4 Å². The van der Waals surface area contributed by atoms with Crippen LogP contribution in [0.4, 0.5) is 5.82 Å². The van der Waals surface area contributed by atoms with Crippen molar-refractivity contribution >= 4 is 16.7 Å². The average Bonchev–Trinajstić information content (AvgIpc) is 2.97. The maximum atomic E-state index is 4.72. The Kier molecular flexibility index (Phi) is 2.78. The summed E-state index contributed by atoms with van der Waals surface area (Å²) < 4.78 is 1.85. The minimum atomic E-state index is 0.349. The van der Waals surface area contributed by atoms with Gasteiger partial charge in [-0.3, -0.25) is 4.68 Å². The predicted octanol–water partition coefficient (Wildman–Crippen LogP) is 4.40. The molecule has 1 aliphatic carbocycles. The molecule has 0 radical (unpaired) electrons. The zero-order chi connectivity index (χ0) is 18.2. The van der Waals surface area contributed by atoms with Crippen LogP contribution < -0.4 is 5.32 Å². The lowest BCUT2D eigenvalue weighted by Gasteiger charge is -2.09. The number of nitrogens with zero attached hydrogens (tertiary/aromatic N) is 3. The first-order valence-corrected chi connectivity index (χ1v) is 9.49. The highest BCUT2D eigenvalue weighted by atomic mass is 15.2. The molecule has 134 valence electrons. The van der Waals surface area contributed by atoms with Crippen LogP contribution in [-0.2, 0) is 12.5 Å². The predicted molar refractivity (Wildman–Crippen MR) is 108 cm³/mol. The van der Waals surface area contributed by atoms with Gasteiger partial charge in [0.25, 0.3) is 0 Å². The van der Waals surface area contributed by atoms with Gasteiger partial charge in [-0.25, -0.2) is 4.98 Å². The lowest BCUT2D eigenvalue weighted by molar-refractivity contribution is 0.768. The Labute approximate surface area is 157 Å². The van der Waals surface area contributed by atoms with Crippen LogP contribution in [0.5, 0.6) is 0 Å². The average molecular weight is 355 g/mol. The number of aromatic nitrogens is 4. The van der Waals surface area contributed by atoms with Crippen molar-refractivity contribution in [2.75, 3.05) is 11.9 Å². The summed E-state index contributed by atoms with van der Waals surface area (Å²) in [5, 5.41) is 9.04. The molecule has 1 spiro atoms. The van der Waals surface area contributed by atoms with Gasteiger partial charge in [0.1, 0.15) is 5.82 Å². The van der Waals surface area contributed by atoms with E-state index < -0.39 is 0 Å². The highest BCUT2D eigenvalue weighted by molar-refractivity contribution is 5.99. The Morgan fingerprint density at radius 3 is 2.74 bits per heavy atom. The molecule has 27 heavy (non-hydrogen) atoms. The van der Waals surface area contributed by atoms with Crippen LogP contribution in [0.1, 0.15) is 24.0 Å². The smallest absolute Gasteiger partial charge is 0.129 e. The Bertz CT molecular complexity index is 1210. The molecule has 4 heterocycles. The van der Waals surface area contributed by atoms with E-state index in [4.69, 9.17) is 4.98 Å². The molecule has 6 rings (SSSR count). The quantitative estimate of drug-likeness (QED) is 0.560. The topological polar surface area (TPSA) is 58.5 Å². The van der Waals surface area contributed by atoms with E-state index in [2.05, 4.69) is 52.9 Å². The largest absolute Gasteiger partial charge is 0.369 e. The number of aryl methyl sites for hydroxylation is 2. The number of aromatic amines is 1. The molecule has 0 unspecified atom stereocenters. The molecular formula is C22H21N5. The van der Waals surface area contributed by atoms with E-state index >= 15 is 0 Å². The van der Waals surface area contributed by atoms with Gasteiger partial charge in [0.05, 0.1) is 6.20 Å². The van der Waals surface area contributed by atoms with Gasteiger partial charge >= 0.3 is 0 Å². The Morgan fingerprint density at radius 2 is 1.96 bits per heavy atom. The highest BCUT2D eigenvalue weighted by Crippen LogP contribution is 2.54. The van der Waals surface area contributed by atoms with E-state index in [0.29, 0.717) is 5.41 Å². The molecule has 0 amide bonds. The summed E-state index contributed by atoms with van der Waals surface area (Å²) in [6.07, 6.45) is 10.7. The summed E-state index contributed by atoms with van der Waals surface area (Å²) in [6.45, 7) is 3.19. The van der Waals surface area contributed by atoms with Crippen molar-refractivity contribution in [2.45, 2.75) is 25.2 Å². The van der Waals surface area contributed by atoms with Gasteiger partial charge in [0, 0.05) is 70.8 Å². The first-order chi connectivity index (χ1) is 13.1. The second-order valence-corrected chi connectivity index (χ2v) is 8.07. The summed E-state index contributed by atoms with van der Waals surface area (Å²) >= 11 is 0. The van der Waals surface area contributed by atoms with E-state index in [1.807, 2.05) is 24.1 Å². The SMILES string of the molecule is Cc1cc2[nH]cc(-c3cnc4c(c3)C3(CC3)CN4)c2cc1-c1cnn(C)c1. The maximum Gasteiger partial charge on any atom is 0.129 e. The lowest BCUT2D eigenvalue weighted by atomic mass is 9.95. The number of rotatable bonds is 2. The number of hydrogen-bond donors (Lipinski definition) is 2. The molecule has 0 atom stereocenters. The van der Waals surface area contributed by atoms with Gasteiger partial charge < -0.3 is 10.3 Å². The summed E-state index contributed by atoms with van der Waals surface area (Å²) in [5.74, 6) is 1.07. The molecule has 5 heteroatoms. The number of H-pyrrole nitrogens is 1. The monoisotopic (exact) mass is 355 g/mol. The Balaban J connectivity index is 1.53. The van der Waals surface area contributed by atoms with Crippen LogP contribution in [0.15, 0.2) is 43.0 Å². The number of pyridine rings is 1. The fraction of sp³-hybridized carbons (Fsp3) is 0.273. The van der Waals surface area contributed by atoms with Crippen molar-refractivity contribution in [1.82, 2.24) is 19.7 Å². The van der Waals surface area contributed by atoms with E-state index in [9.17, 15) is 0 Å². The minimum absolute atomic E-state index is 0.349. The molecule has 2 N–H and O–H groups in total. The normalized spacial score (nSPS) is 16.7. The van der Waals surface area contributed by atoms with Gasteiger partial charge in [0.2, 0.25) is 0 Å². The first kappa shape index (κ1) is 15.0. The summed E-state index contributed by atoms with van der Waals surface area (Å²) in [5.41, 5.74) is 8.94. The van der Waals surface area contributed by atoms with Crippen molar-refractivity contribution in [3.8, 4) is 22.3 Å². The third-order valence-corrected chi connectivity index (χ3v) is 6.26. The van der Waals surface area contributed by atoms with Gasteiger partial charge in [-0.1, -0.05) is 0 Å². The summed E-state index contributed by atoms with van der Waals surface area (Å²) in [6, 6.07) is 6.86. The molecule has 3 aromatic heterocycles. The summed E-state index contributed by atoms with van der Waals surface area (Å²) in [7, 11) is 1.96. The van der Waals surface area contributed by atoms with Crippen LogP contribution in [0.25, 0.3) is 33.2 Å². The van der Waals surface area contributed by atoms with Crippen LogP contribution >= 0.6 is 0 Å². The van der Waals surface area contributed by atoms with Gasteiger partial charge in [0.15, 0.2) is 0 Å². The van der Waals surface area contributed by atoms with Crippen molar-refractivity contribution in [2.24, 2.45) is 7.05 Å². The number of hydrogen-bond acceptors (Lipinski definition) is 3. The molecule has 2 aliphatic rings. The fourth-order valence-corrected chi connectivity index (χ4v) is 4.49. The van der Waals surface area contributed by atoms with Crippen LogP contribution in [0.3, 0.4) is 0 Å². The first-order valence-electron chi connectivity index (χ1n) is 9.49. The maximum absolute atomic E-state index is 4.72. The molecule has 1 saturated carbocycles. The van der Waals surface area contributed by atoms with Crippen LogP contribution in [-0.4, -0.2) is 26.3 Å². The molecule has 1 aromatic carbocycles. The number of fused-ring (bicyclic) bond motifs is 3. The van der Waals surface area contributed by atoms with Crippen LogP contribution in [0, 0.1) is 6.92 Å². The van der Waals surface area contributed by atoms with Gasteiger partial charge in [-0.2, -0.15) is 5.10 Å². The fourth-order valence-electron chi connectivity index (χ4n) is 4.49. The lowest BCUT2D eigenvalue weighted by Crippen LogP contribution is -2.08. The summed E-state index contributed by atoms with van der Waals surface area (Å²) in [4.78, 5) is 8.17. The molecule has 0 bridgehead atoms. The number of anilines is 1. The Hall–Kier alpha value is -3.08. The third-order valence-electron chi connectivity index (χ3n) is 6.26. The molecular weight excluding hydrogens is 334 g/mol. The molecule has 1 fully saturated rings. The zero-order valence-corrected chi connectivity index (χ0v) is 15.5. The van der Waals surface area contributed by atoms with E-state index in [-0.39, 0.29) is 0 Å². The molecule has 4 aromatic rings. The van der Waals surface area contributed by atoms with Gasteiger partial charge in [-0.15, -0.1) is 0 Å². The highest BCUT2D eigenvalue weighted by Gasteiger charge is 2.49. The second-order valence-electron chi connectivity index (χ2n) is 8.07. The van der Waals surface area contributed by atoms with Crippen molar-refractivity contribution in [3.05, 3.63) is 54.1 Å². The molecule has 0 saturated heterocycles. The van der Waals surface area contributed by atoms with Crippen LogP contribution in [0.2, 0.25) is 0 Å². The minimum Gasteiger partial charge on any atom is -0.369 e. The number of benzene rings is 1. The third kappa shape index (κ3) is 2.11. The zero-order valence-electron chi connectivity index (χ0n) is 15.5. The van der Waals surface area contributed by atoms with Gasteiger partial charge in [-0.05, 0) is 49.1 Å².